The van der Waals surface area contributed by atoms with Gasteiger partial charge in [0.15, 0.2) is 5.76 Å². The van der Waals surface area contributed by atoms with Gasteiger partial charge in [-0.15, -0.1) is 0 Å². The lowest BCUT2D eigenvalue weighted by Crippen LogP contribution is -2.41. The molecule has 3 heterocycles. The number of aromatic nitrogens is 2. The Morgan fingerprint density at radius 1 is 1.41 bits per heavy atom. The summed E-state index contributed by atoms with van der Waals surface area (Å²) in [7, 11) is 0. The second kappa shape index (κ2) is 6.25. The van der Waals surface area contributed by atoms with Gasteiger partial charge in [0.25, 0.3) is 5.91 Å². The molecule has 7 heteroatoms. The van der Waals surface area contributed by atoms with E-state index in [1.807, 2.05) is 0 Å². The Kier molecular flexibility index (Phi) is 4.17. The highest BCUT2D eigenvalue weighted by Crippen LogP contribution is 2.30. The van der Waals surface area contributed by atoms with E-state index in [2.05, 4.69) is 10.1 Å². The zero-order valence-electron chi connectivity index (χ0n) is 12.2. The average molecular weight is 303 g/mol. The van der Waals surface area contributed by atoms with Gasteiger partial charge in [-0.1, -0.05) is 5.16 Å². The Morgan fingerprint density at radius 2 is 2.18 bits per heavy atom. The molecule has 2 aromatic rings. The van der Waals surface area contributed by atoms with Crippen LogP contribution < -0.4 is 0 Å². The summed E-state index contributed by atoms with van der Waals surface area (Å²) in [5, 5.41) is 13.8. The molecule has 0 saturated carbocycles. The zero-order chi connectivity index (χ0) is 15.5. The van der Waals surface area contributed by atoms with Crippen molar-refractivity contribution >= 4 is 5.91 Å². The SMILES string of the molecule is C[C@H](O)c1onc(-c2cccnc2)c1C(=O)N1CCOCC1. The first-order chi connectivity index (χ1) is 10.7. The first kappa shape index (κ1) is 14.7. The Labute approximate surface area is 127 Å². The van der Waals surface area contributed by atoms with Crippen molar-refractivity contribution in [2.24, 2.45) is 0 Å². The predicted octanol–water partition coefficient (Wildman–Crippen LogP) is 1.26. The van der Waals surface area contributed by atoms with Gasteiger partial charge in [0.05, 0.1) is 13.2 Å². The molecule has 1 atom stereocenters. The van der Waals surface area contributed by atoms with Crippen LogP contribution in [0, 0.1) is 0 Å². The first-order valence-electron chi connectivity index (χ1n) is 7.13. The topological polar surface area (TPSA) is 88.7 Å². The molecule has 1 aliphatic rings. The Hall–Kier alpha value is -2.25. The fourth-order valence-electron chi connectivity index (χ4n) is 2.42. The highest BCUT2D eigenvalue weighted by Gasteiger charge is 2.30. The number of amides is 1. The summed E-state index contributed by atoms with van der Waals surface area (Å²) in [6, 6.07) is 3.56. The van der Waals surface area contributed by atoms with Gasteiger partial charge in [0.2, 0.25) is 0 Å². The fraction of sp³-hybridized carbons (Fsp3) is 0.400. The number of morpholine rings is 1. The predicted molar refractivity (Wildman–Crippen MR) is 77.1 cm³/mol. The summed E-state index contributed by atoms with van der Waals surface area (Å²) in [5.74, 6) is -0.0327. The van der Waals surface area contributed by atoms with E-state index in [1.54, 1.807) is 36.4 Å². The number of nitrogens with zero attached hydrogens (tertiary/aromatic N) is 3. The highest BCUT2D eigenvalue weighted by atomic mass is 16.5. The highest BCUT2D eigenvalue weighted by molar-refractivity contribution is 6.01. The number of ether oxygens (including phenoxy) is 1. The van der Waals surface area contributed by atoms with Gasteiger partial charge in [-0.25, -0.2) is 0 Å². The van der Waals surface area contributed by atoms with Gasteiger partial charge < -0.3 is 19.3 Å². The lowest BCUT2D eigenvalue weighted by atomic mass is 10.0. The van der Waals surface area contributed by atoms with Crippen LogP contribution in [0.2, 0.25) is 0 Å². The van der Waals surface area contributed by atoms with E-state index in [1.165, 1.54) is 0 Å². The van der Waals surface area contributed by atoms with E-state index < -0.39 is 6.10 Å². The summed E-state index contributed by atoms with van der Waals surface area (Å²) < 4.78 is 10.5. The molecule has 7 nitrogen and oxygen atoms in total. The van der Waals surface area contributed by atoms with Crippen molar-refractivity contribution in [2.45, 2.75) is 13.0 Å². The van der Waals surface area contributed by atoms with E-state index in [0.717, 1.165) is 0 Å². The number of pyridine rings is 1. The van der Waals surface area contributed by atoms with Gasteiger partial charge in [-0.2, -0.15) is 0 Å². The van der Waals surface area contributed by atoms with Crippen molar-refractivity contribution in [3.05, 3.63) is 35.9 Å². The number of carbonyl (C=O) groups excluding carboxylic acids is 1. The first-order valence-corrected chi connectivity index (χ1v) is 7.13. The molecule has 0 unspecified atom stereocenters. The van der Waals surface area contributed by atoms with Gasteiger partial charge in [0, 0.05) is 31.0 Å². The molecule has 1 N–H and O–H groups in total. The molecule has 1 saturated heterocycles. The summed E-state index contributed by atoms with van der Waals surface area (Å²) in [6.45, 7) is 3.57. The fourth-order valence-corrected chi connectivity index (χ4v) is 2.42. The third-order valence-corrected chi connectivity index (χ3v) is 3.55. The van der Waals surface area contributed by atoms with Gasteiger partial charge in [0.1, 0.15) is 17.4 Å². The Balaban J connectivity index is 2.03. The van der Waals surface area contributed by atoms with Crippen molar-refractivity contribution in [1.82, 2.24) is 15.0 Å². The molecule has 0 radical (unpaired) electrons. The summed E-state index contributed by atoms with van der Waals surface area (Å²) in [6.07, 6.45) is 2.33. The van der Waals surface area contributed by atoms with Crippen molar-refractivity contribution in [3.8, 4) is 11.3 Å². The second-order valence-corrected chi connectivity index (χ2v) is 5.09. The molecule has 2 aromatic heterocycles. The lowest BCUT2D eigenvalue weighted by molar-refractivity contribution is 0.0298. The third-order valence-electron chi connectivity index (χ3n) is 3.55. The molecular formula is C15H17N3O4. The zero-order valence-corrected chi connectivity index (χ0v) is 12.2. The third kappa shape index (κ3) is 2.72. The summed E-state index contributed by atoms with van der Waals surface area (Å²) >= 11 is 0. The molecule has 116 valence electrons. The number of aliphatic hydroxyl groups excluding tert-OH is 1. The maximum absolute atomic E-state index is 12.8. The van der Waals surface area contributed by atoms with Crippen molar-refractivity contribution in [3.63, 3.8) is 0 Å². The maximum atomic E-state index is 12.8. The van der Waals surface area contributed by atoms with Crippen LogP contribution in [-0.2, 0) is 4.74 Å². The van der Waals surface area contributed by atoms with Crippen LogP contribution in [0.25, 0.3) is 11.3 Å². The van der Waals surface area contributed by atoms with E-state index in [0.29, 0.717) is 43.1 Å². The molecule has 1 fully saturated rings. The molecule has 0 aromatic carbocycles. The molecular weight excluding hydrogens is 286 g/mol. The van der Waals surface area contributed by atoms with Crippen molar-refractivity contribution in [2.75, 3.05) is 26.3 Å². The van der Waals surface area contributed by atoms with Crippen LogP contribution in [0.3, 0.4) is 0 Å². The van der Waals surface area contributed by atoms with Crippen LogP contribution >= 0.6 is 0 Å². The Morgan fingerprint density at radius 3 is 2.82 bits per heavy atom. The monoisotopic (exact) mass is 303 g/mol. The number of aliphatic hydroxyl groups is 1. The molecule has 1 amide bonds. The lowest BCUT2D eigenvalue weighted by Gasteiger charge is -2.27. The van der Waals surface area contributed by atoms with Crippen LogP contribution in [0.4, 0.5) is 0 Å². The van der Waals surface area contributed by atoms with Crippen molar-refractivity contribution < 1.29 is 19.2 Å². The minimum absolute atomic E-state index is 0.176. The standard InChI is InChI=1S/C15H17N3O4/c1-10(19)14-12(15(20)18-5-7-21-8-6-18)13(17-22-14)11-3-2-4-16-9-11/h2-4,9-10,19H,5-8H2,1H3/t10-/m0/s1. The van der Waals surface area contributed by atoms with Gasteiger partial charge in [-0.3, -0.25) is 9.78 Å². The number of carbonyl (C=O) groups is 1. The molecule has 22 heavy (non-hydrogen) atoms. The van der Waals surface area contributed by atoms with Crippen molar-refractivity contribution in [1.29, 1.82) is 0 Å². The van der Waals surface area contributed by atoms with Crippen LogP contribution in [0.5, 0.6) is 0 Å². The quantitative estimate of drug-likeness (QED) is 0.918. The normalized spacial score (nSPS) is 16.5. The van der Waals surface area contributed by atoms with E-state index >= 15 is 0 Å². The Bertz CT molecular complexity index is 648. The summed E-state index contributed by atoms with van der Waals surface area (Å²) in [5.41, 5.74) is 1.38. The van der Waals surface area contributed by atoms with Crippen LogP contribution in [-0.4, -0.2) is 52.4 Å². The van der Waals surface area contributed by atoms with E-state index in [4.69, 9.17) is 9.26 Å². The summed E-state index contributed by atoms with van der Waals surface area (Å²) in [4.78, 5) is 18.5. The van der Waals surface area contributed by atoms with Gasteiger partial charge in [-0.05, 0) is 19.1 Å². The number of rotatable bonds is 3. The van der Waals surface area contributed by atoms with Gasteiger partial charge >= 0.3 is 0 Å². The maximum Gasteiger partial charge on any atom is 0.260 e. The molecule has 0 spiro atoms. The molecule has 1 aliphatic heterocycles. The van der Waals surface area contributed by atoms with Crippen LogP contribution in [0.15, 0.2) is 29.0 Å². The smallest absolute Gasteiger partial charge is 0.260 e. The largest absolute Gasteiger partial charge is 0.385 e. The second-order valence-electron chi connectivity index (χ2n) is 5.09. The van der Waals surface area contributed by atoms with Crippen LogP contribution in [0.1, 0.15) is 29.1 Å². The average Bonchev–Trinajstić information content (AvgIpc) is 3.01. The number of hydrogen-bond acceptors (Lipinski definition) is 6. The van der Waals surface area contributed by atoms with E-state index in [-0.39, 0.29) is 11.7 Å². The molecule has 0 bridgehead atoms. The minimum Gasteiger partial charge on any atom is -0.385 e. The van der Waals surface area contributed by atoms with E-state index in [9.17, 15) is 9.90 Å². The molecule has 0 aliphatic carbocycles. The minimum atomic E-state index is -0.919. The molecule has 3 rings (SSSR count). The number of hydrogen-bond donors (Lipinski definition) is 1.